The van der Waals surface area contributed by atoms with Crippen LogP contribution in [0.25, 0.3) is 0 Å². The Balaban J connectivity index is 2.96. The van der Waals surface area contributed by atoms with E-state index in [1.54, 1.807) is 11.6 Å². The normalized spacial score (nSPS) is 12.5. The number of carbonyl (C=O) groups excluding carboxylic acids is 1. The molecule has 0 saturated carbocycles. The first kappa shape index (κ1) is 15.7. The summed E-state index contributed by atoms with van der Waals surface area (Å²) in [6.07, 6.45) is 0.842. The third kappa shape index (κ3) is 3.55. The Hall–Kier alpha value is -0.400. The molecule has 0 fully saturated rings. The Morgan fingerprint density at radius 1 is 1.50 bits per heavy atom. The molecule has 1 unspecified atom stereocenters. The first-order chi connectivity index (χ1) is 8.54. The summed E-state index contributed by atoms with van der Waals surface area (Å²) in [6.45, 7) is 4.71. The molecule has 0 saturated heterocycles. The molecule has 1 aromatic rings. The maximum Gasteiger partial charge on any atom is 0.343 e. The van der Waals surface area contributed by atoms with Crippen molar-refractivity contribution in [3.8, 4) is 0 Å². The van der Waals surface area contributed by atoms with E-state index >= 15 is 0 Å². The highest BCUT2D eigenvalue weighted by Gasteiger charge is 2.23. The molecule has 0 bridgehead atoms. The molecule has 0 spiro atoms. The summed E-state index contributed by atoms with van der Waals surface area (Å²) in [6, 6.07) is 0. The number of hydrogen-bond acceptors (Lipinski definition) is 4. The van der Waals surface area contributed by atoms with Gasteiger partial charge < -0.3 is 9.84 Å². The van der Waals surface area contributed by atoms with Gasteiger partial charge in [-0.2, -0.15) is 5.10 Å². The lowest BCUT2D eigenvalue weighted by Crippen LogP contribution is -2.15. The van der Waals surface area contributed by atoms with Crippen LogP contribution in [0.5, 0.6) is 0 Å². The number of aromatic nitrogens is 2. The Bertz CT molecular complexity index is 417. The van der Waals surface area contributed by atoms with E-state index in [-0.39, 0.29) is 12.5 Å². The largest absolute Gasteiger partial charge is 0.462 e. The maximum atomic E-state index is 11.7. The zero-order valence-electron chi connectivity index (χ0n) is 10.3. The summed E-state index contributed by atoms with van der Waals surface area (Å²) in [5.41, 5.74) is 0.379. The van der Waals surface area contributed by atoms with Crippen molar-refractivity contribution in [3.05, 3.63) is 14.8 Å². The third-order valence-electron chi connectivity index (χ3n) is 2.59. The lowest BCUT2D eigenvalue weighted by atomic mass is 10.1. The number of ether oxygens (including phenoxy) is 1. The van der Waals surface area contributed by atoms with Crippen molar-refractivity contribution in [2.24, 2.45) is 5.92 Å². The monoisotopic (exact) mass is 382 g/mol. The lowest BCUT2D eigenvalue weighted by Gasteiger charge is -2.12. The van der Waals surface area contributed by atoms with E-state index in [1.807, 2.05) is 6.92 Å². The molecule has 0 aliphatic rings. The zero-order chi connectivity index (χ0) is 13.7. The summed E-state index contributed by atoms with van der Waals surface area (Å²) in [5, 5.41) is 13.4. The molecule has 5 nitrogen and oxygen atoms in total. The number of halogens is 2. The highest BCUT2D eigenvalue weighted by Crippen LogP contribution is 2.26. The van der Waals surface area contributed by atoms with E-state index in [1.165, 1.54) is 0 Å². The average Bonchev–Trinajstić information content (AvgIpc) is 2.61. The van der Waals surface area contributed by atoms with Gasteiger partial charge in [0.15, 0.2) is 0 Å². The first-order valence-electron chi connectivity index (χ1n) is 5.74. The van der Waals surface area contributed by atoms with Gasteiger partial charge in [0.25, 0.3) is 0 Å². The molecule has 0 amide bonds. The molecule has 7 heteroatoms. The van der Waals surface area contributed by atoms with Crippen molar-refractivity contribution in [1.82, 2.24) is 9.78 Å². The number of hydrogen-bond donors (Lipinski definition) is 1. The molecule has 102 valence electrons. The van der Waals surface area contributed by atoms with Crippen molar-refractivity contribution in [1.29, 1.82) is 0 Å². The Labute approximate surface area is 123 Å². The lowest BCUT2D eigenvalue weighted by molar-refractivity contribution is 0.0524. The van der Waals surface area contributed by atoms with E-state index in [2.05, 4.69) is 37.0 Å². The Morgan fingerprint density at radius 3 is 2.67 bits per heavy atom. The second-order valence-electron chi connectivity index (χ2n) is 3.82. The molecule has 1 aromatic heterocycles. The molecular weight excluding hydrogens is 368 g/mol. The van der Waals surface area contributed by atoms with Crippen LogP contribution in [0.2, 0.25) is 0 Å². The maximum absolute atomic E-state index is 11.7. The van der Waals surface area contributed by atoms with E-state index in [9.17, 15) is 9.90 Å². The van der Waals surface area contributed by atoms with E-state index in [0.29, 0.717) is 27.9 Å². The molecule has 0 aliphatic carbocycles. The van der Waals surface area contributed by atoms with Gasteiger partial charge in [-0.1, -0.05) is 6.92 Å². The van der Waals surface area contributed by atoms with E-state index in [4.69, 9.17) is 4.74 Å². The fourth-order valence-electron chi connectivity index (χ4n) is 1.47. The van der Waals surface area contributed by atoms with Crippen LogP contribution in [0.15, 0.2) is 9.21 Å². The van der Waals surface area contributed by atoms with Crippen LogP contribution in [0, 0.1) is 5.92 Å². The predicted octanol–water partition coefficient (Wildman–Crippen LogP) is 2.60. The molecule has 18 heavy (non-hydrogen) atoms. The van der Waals surface area contributed by atoms with E-state index < -0.39 is 5.97 Å². The summed E-state index contributed by atoms with van der Waals surface area (Å²) < 4.78 is 7.63. The van der Waals surface area contributed by atoms with Crippen molar-refractivity contribution in [2.45, 2.75) is 26.8 Å². The second kappa shape index (κ2) is 7.25. The number of aliphatic hydroxyl groups is 1. The number of esters is 1. The van der Waals surface area contributed by atoms with Gasteiger partial charge in [-0.05, 0) is 45.2 Å². The van der Waals surface area contributed by atoms with Gasteiger partial charge in [0.05, 0.1) is 6.61 Å². The SMILES string of the molecule is CCOC(=O)c1c(Br)nn(CC(CC)CO)c1Br. The van der Waals surface area contributed by atoms with Crippen molar-refractivity contribution < 1.29 is 14.6 Å². The van der Waals surface area contributed by atoms with Gasteiger partial charge in [0.1, 0.15) is 14.8 Å². The average molecular weight is 384 g/mol. The number of aliphatic hydroxyl groups excluding tert-OH is 1. The predicted molar refractivity (Wildman–Crippen MR) is 74.5 cm³/mol. The fraction of sp³-hybridized carbons (Fsp3) is 0.636. The third-order valence-corrected chi connectivity index (χ3v) is 3.95. The summed E-state index contributed by atoms with van der Waals surface area (Å²) >= 11 is 6.59. The standard InChI is InChI=1S/C11H16Br2N2O3/c1-3-7(6-16)5-15-10(13)8(9(12)14-15)11(17)18-4-2/h7,16H,3-6H2,1-2H3. The van der Waals surface area contributed by atoms with Gasteiger partial charge in [0, 0.05) is 19.1 Å². The van der Waals surface area contributed by atoms with Gasteiger partial charge in [-0.25, -0.2) is 4.79 Å². The fourth-order valence-corrected chi connectivity index (χ4v) is 2.85. The van der Waals surface area contributed by atoms with Crippen molar-refractivity contribution >= 4 is 37.8 Å². The molecule has 0 radical (unpaired) electrons. The molecule has 1 atom stereocenters. The summed E-state index contributed by atoms with van der Waals surface area (Å²) in [4.78, 5) is 11.7. The van der Waals surface area contributed by atoms with Gasteiger partial charge in [-0.3, -0.25) is 4.68 Å². The quantitative estimate of drug-likeness (QED) is 0.767. The smallest absolute Gasteiger partial charge is 0.343 e. The zero-order valence-corrected chi connectivity index (χ0v) is 13.5. The summed E-state index contributed by atoms with van der Waals surface area (Å²) in [7, 11) is 0. The van der Waals surface area contributed by atoms with Crippen LogP contribution in [-0.2, 0) is 11.3 Å². The highest BCUT2D eigenvalue weighted by atomic mass is 79.9. The topological polar surface area (TPSA) is 64.3 Å². The Kier molecular flexibility index (Phi) is 6.31. The van der Waals surface area contributed by atoms with Crippen LogP contribution in [0.3, 0.4) is 0 Å². The minimum absolute atomic E-state index is 0.0924. The minimum Gasteiger partial charge on any atom is -0.462 e. The Morgan fingerprint density at radius 2 is 2.17 bits per heavy atom. The molecule has 0 aliphatic heterocycles. The molecule has 1 heterocycles. The number of carbonyl (C=O) groups is 1. The van der Waals surface area contributed by atoms with Gasteiger partial charge in [0.2, 0.25) is 0 Å². The van der Waals surface area contributed by atoms with Crippen LogP contribution in [-0.4, -0.2) is 34.1 Å². The number of rotatable bonds is 6. The molecular formula is C11H16Br2N2O3. The van der Waals surface area contributed by atoms with Crippen molar-refractivity contribution in [3.63, 3.8) is 0 Å². The minimum atomic E-state index is -0.417. The number of nitrogens with zero attached hydrogens (tertiary/aromatic N) is 2. The summed E-state index contributed by atoms with van der Waals surface area (Å²) in [5.74, 6) is -0.303. The van der Waals surface area contributed by atoms with Crippen LogP contribution >= 0.6 is 31.9 Å². The van der Waals surface area contributed by atoms with Gasteiger partial charge in [-0.15, -0.1) is 0 Å². The van der Waals surface area contributed by atoms with Gasteiger partial charge >= 0.3 is 5.97 Å². The molecule has 1 N–H and O–H groups in total. The first-order valence-corrected chi connectivity index (χ1v) is 7.33. The highest BCUT2D eigenvalue weighted by molar-refractivity contribution is 9.11. The van der Waals surface area contributed by atoms with Crippen LogP contribution < -0.4 is 0 Å². The van der Waals surface area contributed by atoms with Crippen LogP contribution in [0.1, 0.15) is 30.6 Å². The molecule has 0 aromatic carbocycles. The van der Waals surface area contributed by atoms with Crippen molar-refractivity contribution in [2.75, 3.05) is 13.2 Å². The molecule has 1 rings (SSSR count). The van der Waals surface area contributed by atoms with Crippen LogP contribution in [0.4, 0.5) is 0 Å². The van der Waals surface area contributed by atoms with E-state index in [0.717, 1.165) is 6.42 Å². The second-order valence-corrected chi connectivity index (χ2v) is 5.32.